The molecule has 0 aliphatic rings. The summed E-state index contributed by atoms with van der Waals surface area (Å²) in [4.78, 5) is 12.1. The van der Waals surface area contributed by atoms with Crippen LogP contribution in [0.1, 0.15) is 11.1 Å². The summed E-state index contributed by atoms with van der Waals surface area (Å²) in [6.45, 7) is 1.30. The zero-order valence-corrected chi connectivity index (χ0v) is 11.6. The van der Waals surface area contributed by atoms with Crippen LogP contribution in [0.3, 0.4) is 0 Å². The quantitative estimate of drug-likeness (QED) is 0.380. The van der Waals surface area contributed by atoms with Crippen LogP contribution >= 0.6 is 0 Å². The molecule has 0 unspecified atom stereocenters. The van der Waals surface area contributed by atoms with Gasteiger partial charge in [-0.1, -0.05) is 11.8 Å². The van der Waals surface area contributed by atoms with E-state index in [9.17, 15) is 14.3 Å². The fourth-order valence-electron chi connectivity index (χ4n) is 2.32. The van der Waals surface area contributed by atoms with E-state index in [1.165, 1.54) is 18.2 Å². The Morgan fingerprint density at radius 1 is 1.18 bits per heavy atom. The number of aliphatic hydroxyl groups is 1. The van der Waals surface area contributed by atoms with Gasteiger partial charge in [-0.2, -0.15) is 0 Å². The van der Waals surface area contributed by atoms with Gasteiger partial charge in [0.25, 0.3) is 0 Å². The Balaban J connectivity index is 2.46. The average molecular weight is 298 g/mol. The van der Waals surface area contributed by atoms with Gasteiger partial charge in [0.1, 0.15) is 23.8 Å². The molecule has 0 aliphatic carbocycles. The van der Waals surface area contributed by atoms with Crippen LogP contribution in [0.25, 0.3) is 21.7 Å². The van der Waals surface area contributed by atoms with Gasteiger partial charge in [-0.25, -0.2) is 9.18 Å². The predicted molar refractivity (Wildman–Crippen MR) is 80.3 cm³/mol. The summed E-state index contributed by atoms with van der Waals surface area (Å²) in [5.74, 6) is 4.21. The van der Waals surface area contributed by atoms with Crippen LogP contribution in [0.2, 0.25) is 0 Å². The van der Waals surface area contributed by atoms with E-state index in [-0.39, 0.29) is 22.3 Å². The number of phenolic OH excluding ortho intramolecular Hbond substituents is 1. The largest absolute Gasteiger partial charge is 0.508 e. The van der Waals surface area contributed by atoms with E-state index in [2.05, 4.69) is 11.8 Å². The molecular weight excluding hydrogens is 287 g/mol. The number of hydrogen-bond acceptors (Lipinski definition) is 4. The number of aromatic hydroxyl groups is 1. The Morgan fingerprint density at radius 2 is 1.95 bits per heavy atom. The summed E-state index contributed by atoms with van der Waals surface area (Å²) < 4.78 is 19.3. The number of benzene rings is 2. The molecule has 3 aromatic rings. The van der Waals surface area contributed by atoms with Gasteiger partial charge in [0.05, 0.1) is 10.9 Å². The molecule has 0 amide bonds. The molecule has 0 saturated carbocycles. The van der Waals surface area contributed by atoms with E-state index < -0.39 is 18.0 Å². The van der Waals surface area contributed by atoms with Crippen molar-refractivity contribution in [2.45, 2.75) is 6.92 Å². The molecule has 3 rings (SSSR count). The van der Waals surface area contributed by atoms with Gasteiger partial charge in [-0.05, 0) is 30.7 Å². The van der Waals surface area contributed by atoms with Crippen LogP contribution in [0, 0.1) is 24.6 Å². The summed E-state index contributed by atoms with van der Waals surface area (Å²) in [7, 11) is 0. The number of fused-ring (bicyclic) bond motifs is 3. The highest BCUT2D eigenvalue weighted by Gasteiger charge is 2.13. The minimum absolute atomic E-state index is 0.000838. The van der Waals surface area contributed by atoms with Crippen molar-refractivity contribution in [3.8, 4) is 17.6 Å². The van der Waals surface area contributed by atoms with Gasteiger partial charge < -0.3 is 14.6 Å². The molecule has 1 aromatic heterocycles. The highest BCUT2D eigenvalue weighted by Crippen LogP contribution is 2.29. The molecule has 110 valence electrons. The lowest BCUT2D eigenvalue weighted by atomic mass is 10.0. The zero-order valence-electron chi connectivity index (χ0n) is 11.6. The lowest BCUT2D eigenvalue weighted by molar-refractivity contribution is 0.350. The second kappa shape index (κ2) is 5.17. The fourth-order valence-corrected chi connectivity index (χ4v) is 2.32. The first-order valence-corrected chi connectivity index (χ1v) is 6.50. The third-order valence-electron chi connectivity index (χ3n) is 3.42. The molecule has 0 aliphatic heterocycles. The monoisotopic (exact) mass is 298 g/mol. The molecule has 2 aromatic carbocycles. The summed E-state index contributed by atoms with van der Waals surface area (Å²) in [6.07, 6.45) is 0. The SMILES string of the molecule is Cc1cc2c(cc1O)oc(=O)c1cc(C#CCO)c(F)cc12. The summed E-state index contributed by atoms with van der Waals surface area (Å²) in [5.41, 5.74) is 0.155. The second-order valence-electron chi connectivity index (χ2n) is 4.86. The summed E-state index contributed by atoms with van der Waals surface area (Å²) in [5, 5.41) is 19.5. The molecule has 4 nitrogen and oxygen atoms in total. The summed E-state index contributed by atoms with van der Waals surface area (Å²) in [6, 6.07) is 5.49. The number of aryl methyl sites for hydroxylation is 1. The lowest BCUT2D eigenvalue weighted by Gasteiger charge is -2.06. The minimum atomic E-state index is -0.641. The van der Waals surface area contributed by atoms with E-state index in [4.69, 9.17) is 9.52 Å². The minimum Gasteiger partial charge on any atom is -0.508 e. The van der Waals surface area contributed by atoms with Crippen LogP contribution in [0.4, 0.5) is 4.39 Å². The first kappa shape index (κ1) is 14.1. The van der Waals surface area contributed by atoms with Crippen molar-refractivity contribution in [2.24, 2.45) is 0 Å². The van der Waals surface area contributed by atoms with Crippen molar-refractivity contribution < 1.29 is 19.0 Å². The summed E-state index contributed by atoms with van der Waals surface area (Å²) >= 11 is 0. The maximum atomic E-state index is 14.1. The first-order chi connectivity index (χ1) is 10.5. The number of hydrogen-bond donors (Lipinski definition) is 2. The van der Waals surface area contributed by atoms with Gasteiger partial charge in [-0.3, -0.25) is 0 Å². The lowest BCUT2D eigenvalue weighted by Crippen LogP contribution is -2.01. The van der Waals surface area contributed by atoms with E-state index in [0.717, 1.165) is 0 Å². The Bertz CT molecular complexity index is 1020. The maximum absolute atomic E-state index is 14.1. The van der Waals surface area contributed by atoms with Crippen LogP contribution < -0.4 is 5.63 Å². The van der Waals surface area contributed by atoms with Gasteiger partial charge in [0, 0.05) is 16.8 Å². The van der Waals surface area contributed by atoms with E-state index >= 15 is 0 Å². The van der Waals surface area contributed by atoms with E-state index in [1.807, 2.05) is 0 Å². The molecule has 1 heterocycles. The van der Waals surface area contributed by atoms with Crippen molar-refractivity contribution in [2.75, 3.05) is 6.61 Å². The molecule has 0 atom stereocenters. The molecule has 0 saturated heterocycles. The van der Waals surface area contributed by atoms with Crippen molar-refractivity contribution in [3.63, 3.8) is 0 Å². The van der Waals surface area contributed by atoms with Gasteiger partial charge >= 0.3 is 5.63 Å². The Morgan fingerprint density at radius 3 is 2.68 bits per heavy atom. The number of halogens is 1. The van der Waals surface area contributed by atoms with Gasteiger partial charge in [0.2, 0.25) is 0 Å². The number of rotatable bonds is 0. The van der Waals surface area contributed by atoms with Crippen LogP contribution in [0.5, 0.6) is 5.75 Å². The average Bonchev–Trinajstić information content (AvgIpc) is 2.48. The molecule has 22 heavy (non-hydrogen) atoms. The van der Waals surface area contributed by atoms with Crippen molar-refractivity contribution in [1.29, 1.82) is 0 Å². The standard InChI is InChI=1S/C17H11FO4/c1-9-5-12-11-7-14(18)10(3-2-4-19)6-13(11)17(21)22-16(12)8-15(9)20/h5-8,19-20H,4H2,1H3. The predicted octanol–water partition coefficient (Wildman–Crippen LogP) is 2.44. The zero-order chi connectivity index (χ0) is 15.9. The molecule has 0 spiro atoms. The van der Waals surface area contributed by atoms with Gasteiger partial charge in [-0.15, -0.1) is 0 Å². The topological polar surface area (TPSA) is 70.7 Å². The van der Waals surface area contributed by atoms with Crippen LogP contribution in [0.15, 0.2) is 33.5 Å². The van der Waals surface area contributed by atoms with Gasteiger partial charge in [0.15, 0.2) is 0 Å². The van der Waals surface area contributed by atoms with Crippen molar-refractivity contribution >= 4 is 21.7 Å². The van der Waals surface area contributed by atoms with Crippen molar-refractivity contribution in [1.82, 2.24) is 0 Å². The van der Waals surface area contributed by atoms with E-state index in [1.54, 1.807) is 13.0 Å². The highest BCUT2D eigenvalue weighted by molar-refractivity contribution is 6.05. The Kier molecular flexibility index (Phi) is 3.32. The Labute approximate surface area is 124 Å². The third kappa shape index (κ3) is 2.20. The molecule has 5 heteroatoms. The maximum Gasteiger partial charge on any atom is 0.344 e. The molecule has 0 bridgehead atoms. The molecule has 0 radical (unpaired) electrons. The molecule has 0 fully saturated rings. The van der Waals surface area contributed by atoms with Crippen molar-refractivity contribution in [3.05, 3.63) is 51.6 Å². The third-order valence-corrected chi connectivity index (χ3v) is 3.42. The van der Waals surface area contributed by atoms with Crippen LogP contribution in [-0.2, 0) is 0 Å². The number of phenols is 1. The second-order valence-corrected chi connectivity index (χ2v) is 4.86. The van der Waals surface area contributed by atoms with E-state index in [0.29, 0.717) is 16.3 Å². The molecular formula is C17H11FO4. The van der Waals surface area contributed by atoms with Crippen LogP contribution in [-0.4, -0.2) is 16.8 Å². The normalized spacial score (nSPS) is 10.7. The molecule has 2 N–H and O–H groups in total. The highest BCUT2D eigenvalue weighted by atomic mass is 19.1. The first-order valence-electron chi connectivity index (χ1n) is 6.50. The smallest absolute Gasteiger partial charge is 0.344 e. The fraction of sp³-hybridized carbons (Fsp3) is 0.118. The Hall–Kier alpha value is -2.84. The number of aliphatic hydroxyl groups excluding tert-OH is 1.